The van der Waals surface area contributed by atoms with Crippen molar-refractivity contribution >= 4 is 44.8 Å². The molecule has 3 rings (SSSR count). The van der Waals surface area contributed by atoms with Crippen molar-refractivity contribution in [2.24, 2.45) is 0 Å². The lowest BCUT2D eigenvalue weighted by Gasteiger charge is -2.13. The quantitative estimate of drug-likeness (QED) is 0.390. The smallest absolute Gasteiger partial charge is 0.170 e. The molecule has 6 heteroatoms. The summed E-state index contributed by atoms with van der Waals surface area (Å²) >= 11 is 5.30. The number of aliphatic hydroxyl groups is 1. The second-order valence-electron chi connectivity index (χ2n) is 4.86. The van der Waals surface area contributed by atoms with Crippen LogP contribution in [-0.2, 0) is 0 Å². The normalized spacial score (nSPS) is 10.8. The lowest BCUT2D eigenvalue weighted by atomic mass is 10.1. The van der Waals surface area contributed by atoms with Crippen LogP contribution in [0, 0.1) is 0 Å². The molecule has 0 fully saturated rings. The maximum absolute atomic E-state index is 8.81. The van der Waals surface area contributed by atoms with Crippen molar-refractivity contribution in [2.45, 2.75) is 6.42 Å². The molecule has 0 spiro atoms. The highest BCUT2D eigenvalue weighted by molar-refractivity contribution is 7.80. The van der Waals surface area contributed by atoms with Crippen molar-refractivity contribution in [3.63, 3.8) is 0 Å². The van der Waals surface area contributed by atoms with E-state index in [9.17, 15) is 0 Å². The number of pyridine rings is 2. The average Bonchev–Trinajstić information content (AvgIpc) is 2.55. The third kappa shape index (κ3) is 2.98. The average molecular weight is 312 g/mol. The zero-order valence-corrected chi connectivity index (χ0v) is 12.7. The highest BCUT2D eigenvalue weighted by atomic mass is 32.1. The van der Waals surface area contributed by atoms with Crippen LogP contribution in [0.4, 0.5) is 5.69 Å². The first-order valence-corrected chi connectivity index (χ1v) is 7.48. The van der Waals surface area contributed by atoms with Crippen LogP contribution in [0.3, 0.4) is 0 Å². The first-order chi connectivity index (χ1) is 10.8. The fourth-order valence-corrected chi connectivity index (χ4v) is 2.54. The maximum atomic E-state index is 8.81. The first-order valence-electron chi connectivity index (χ1n) is 7.08. The van der Waals surface area contributed by atoms with E-state index in [1.165, 1.54) is 0 Å². The zero-order valence-electron chi connectivity index (χ0n) is 11.9. The predicted octanol–water partition coefficient (Wildman–Crippen LogP) is 2.45. The van der Waals surface area contributed by atoms with Crippen molar-refractivity contribution in [3.8, 4) is 0 Å². The van der Waals surface area contributed by atoms with Crippen LogP contribution < -0.4 is 10.6 Å². The van der Waals surface area contributed by atoms with Crippen LogP contribution in [0.25, 0.3) is 21.8 Å². The fourth-order valence-electron chi connectivity index (χ4n) is 2.33. The number of aromatic nitrogens is 2. The molecule has 112 valence electrons. The SMILES string of the molecule is OCCCNC(=S)Nc1cc2cccnc2c2ncccc12. The number of hydrogen-bond acceptors (Lipinski definition) is 4. The highest BCUT2D eigenvalue weighted by Gasteiger charge is 2.09. The van der Waals surface area contributed by atoms with Crippen LogP contribution in [0.2, 0.25) is 0 Å². The molecule has 0 radical (unpaired) electrons. The number of aliphatic hydroxyl groups excluding tert-OH is 1. The Hall–Kier alpha value is -2.31. The molecule has 1 aromatic carbocycles. The largest absolute Gasteiger partial charge is 0.396 e. The summed E-state index contributed by atoms with van der Waals surface area (Å²) in [6.45, 7) is 0.776. The van der Waals surface area contributed by atoms with E-state index in [-0.39, 0.29) is 6.61 Å². The fraction of sp³-hybridized carbons (Fsp3) is 0.188. The second kappa shape index (κ2) is 6.64. The van der Waals surface area contributed by atoms with E-state index in [4.69, 9.17) is 17.3 Å². The van der Waals surface area contributed by atoms with Crippen LogP contribution in [0.15, 0.2) is 42.7 Å². The van der Waals surface area contributed by atoms with Crippen LogP contribution in [0.5, 0.6) is 0 Å². The Bertz CT molecular complexity index is 821. The van der Waals surface area contributed by atoms with Crippen molar-refractivity contribution in [3.05, 3.63) is 42.7 Å². The lowest BCUT2D eigenvalue weighted by Crippen LogP contribution is -2.29. The van der Waals surface area contributed by atoms with Gasteiger partial charge in [0.1, 0.15) is 0 Å². The third-order valence-electron chi connectivity index (χ3n) is 3.33. The molecule has 0 aliphatic heterocycles. The molecule has 3 N–H and O–H groups in total. The Morgan fingerprint density at radius 3 is 2.73 bits per heavy atom. The van der Waals surface area contributed by atoms with Gasteiger partial charge in [0.25, 0.3) is 0 Å². The van der Waals surface area contributed by atoms with Crippen molar-refractivity contribution in [1.29, 1.82) is 0 Å². The van der Waals surface area contributed by atoms with E-state index in [0.29, 0.717) is 18.1 Å². The lowest BCUT2D eigenvalue weighted by molar-refractivity contribution is 0.289. The Kier molecular flexibility index (Phi) is 4.41. The Morgan fingerprint density at radius 1 is 1.14 bits per heavy atom. The number of hydrogen-bond donors (Lipinski definition) is 3. The van der Waals surface area contributed by atoms with E-state index in [0.717, 1.165) is 27.5 Å². The van der Waals surface area contributed by atoms with Gasteiger partial charge in [0.05, 0.1) is 16.7 Å². The number of nitrogens with one attached hydrogen (secondary N) is 2. The zero-order chi connectivity index (χ0) is 15.4. The van der Waals surface area contributed by atoms with E-state index in [2.05, 4.69) is 20.6 Å². The predicted molar refractivity (Wildman–Crippen MR) is 93.0 cm³/mol. The number of rotatable bonds is 4. The van der Waals surface area contributed by atoms with E-state index >= 15 is 0 Å². The number of thiocarbonyl (C=S) groups is 1. The van der Waals surface area contributed by atoms with Gasteiger partial charge in [-0.05, 0) is 42.9 Å². The summed E-state index contributed by atoms with van der Waals surface area (Å²) in [7, 11) is 0. The molecule has 0 atom stereocenters. The molecule has 2 aromatic heterocycles. The van der Waals surface area contributed by atoms with Gasteiger partial charge < -0.3 is 15.7 Å². The molecule has 3 aromatic rings. The highest BCUT2D eigenvalue weighted by Crippen LogP contribution is 2.29. The molecular weight excluding hydrogens is 296 g/mol. The summed E-state index contributed by atoms with van der Waals surface area (Å²) in [6.07, 6.45) is 4.19. The van der Waals surface area contributed by atoms with Crippen LogP contribution >= 0.6 is 12.2 Å². The monoisotopic (exact) mass is 312 g/mol. The second-order valence-corrected chi connectivity index (χ2v) is 5.27. The Balaban J connectivity index is 1.99. The van der Waals surface area contributed by atoms with Gasteiger partial charge in [0.15, 0.2) is 5.11 Å². The molecule has 0 aliphatic rings. The Labute approximate surface area is 133 Å². The summed E-state index contributed by atoms with van der Waals surface area (Å²) in [5.74, 6) is 0. The summed E-state index contributed by atoms with van der Waals surface area (Å²) in [5, 5.41) is 17.6. The molecule has 2 heterocycles. The number of nitrogens with zero attached hydrogens (tertiary/aromatic N) is 2. The number of fused-ring (bicyclic) bond motifs is 3. The van der Waals surface area contributed by atoms with Crippen molar-refractivity contribution in [2.75, 3.05) is 18.5 Å². The van der Waals surface area contributed by atoms with E-state index < -0.39 is 0 Å². The summed E-state index contributed by atoms with van der Waals surface area (Å²) in [6, 6.07) is 9.81. The number of anilines is 1. The van der Waals surface area contributed by atoms with Gasteiger partial charge >= 0.3 is 0 Å². The maximum Gasteiger partial charge on any atom is 0.170 e. The first kappa shape index (κ1) is 14.6. The standard InChI is InChI=1S/C16H16N4OS/c21-9-3-8-19-16(22)20-13-10-11-4-1-6-17-14(11)15-12(13)5-2-7-18-15/h1-2,4-7,10,21H,3,8-9H2,(H2,19,20,22). The van der Waals surface area contributed by atoms with E-state index in [1.54, 1.807) is 12.4 Å². The topological polar surface area (TPSA) is 70.1 Å². The minimum absolute atomic E-state index is 0.143. The molecule has 0 unspecified atom stereocenters. The molecule has 0 saturated carbocycles. The molecule has 0 saturated heterocycles. The van der Waals surface area contributed by atoms with Crippen molar-refractivity contribution in [1.82, 2.24) is 15.3 Å². The molecule has 0 aliphatic carbocycles. The minimum atomic E-state index is 0.143. The summed E-state index contributed by atoms with van der Waals surface area (Å²) in [4.78, 5) is 8.88. The van der Waals surface area contributed by atoms with Gasteiger partial charge in [-0.3, -0.25) is 9.97 Å². The molecule has 22 heavy (non-hydrogen) atoms. The minimum Gasteiger partial charge on any atom is -0.396 e. The number of benzene rings is 1. The molecular formula is C16H16N4OS. The van der Waals surface area contributed by atoms with Gasteiger partial charge in [0.2, 0.25) is 0 Å². The molecule has 0 bridgehead atoms. The van der Waals surface area contributed by atoms with Gasteiger partial charge in [-0.2, -0.15) is 0 Å². The van der Waals surface area contributed by atoms with Crippen molar-refractivity contribution < 1.29 is 5.11 Å². The summed E-state index contributed by atoms with van der Waals surface area (Å²) in [5.41, 5.74) is 2.62. The van der Waals surface area contributed by atoms with Gasteiger partial charge in [-0.1, -0.05) is 6.07 Å². The van der Waals surface area contributed by atoms with Crippen LogP contribution in [-0.4, -0.2) is 33.3 Å². The Morgan fingerprint density at radius 2 is 1.91 bits per heavy atom. The van der Waals surface area contributed by atoms with Gasteiger partial charge in [-0.25, -0.2) is 0 Å². The van der Waals surface area contributed by atoms with Gasteiger partial charge in [0, 0.05) is 36.3 Å². The molecule has 5 nitrogen and oxygen atoms in total. The molecule has 0 amide bonds. The summed E-state index contributed by atoms with van der Waals surface area (Å²) < 4.78 is 0. The van der Waals surface area contributed by atoms with E-state index in [1.807, 2.05) is 30.3 Å². The third-order valence-corrected chi connectivity index (χ3v) is 3.58. The van der Waals surface area contributed by atoms with Gasteiger partial charge in [-0.15, -0.1) is 0 Å². The van der Waals surface area contributed by atoms with Crippen LogP contribution in [0.1, 0.15) is 6.42 Å².